The van der Waals surface area contributed by atoms with Crippen LogP contribution in [0.1, 0.15) is 163 Å². The SMILES string of the molecule is CCCCCCCCCCNCCN[C@@]1(C)C[C@H](O[C@H]2[C@H](Oc3c4cc5cc3Oc3ccc(cc3Cl)[C@@H](O)C(NC(=O)[C@@H](CC(C)C)NC)C(=O)N[C@@H](CC(N)=O)C(=O)N[C@H]5C(=O)N[C@H]3C(=O)N[C@H](C(=O)N[C@H](C(=O)O)c5cc(O)cc(O)c5-c5cc3ccc5O)[C@H](O)c3ccc(cc3)O4)O[C@H](CO)[C@@H](O)[C@@H]2O)O[C@@H](C)[C@H]1O. The minimum atomic E-state index is -2.31. The molecule has 21 N–H and O–H groups in total. The van der Waals surface area contributed by atoms with Crippen LogP contribution < -0.4 is 67.8 Å². The summed E-state index contributed by atoms with van der Waals surface area (Å²) in [5, 5.41) is 140. The Morgan fingerprint density at radius 2 is 1.35 bits per heavy atom. The molecule has 2 fully saturated rings. The molecule has 7 aliphatic rings. The van der Waals surface area contributed by atoms with E-state index in [2.05, 4.69) is 54.8 Å². The number of ether oxygens (including phenoxy) is 6. The summed E-state index contributed by atoms with van der Waals surface area (Å²) in [6, 6.07) is 1.47. The molecule has 0 saturated carbocycles. The van der Waals surface area contributed by atoms with E-state index in [4.69, 9.17) is 45.8 Å². The van der Waals surface area contributed by atoms with Crippen LogP contribution in [0.15, 0.2) is 84.9 Å². The van der Waals surface area contributed by atoms with E-state index in [9.17, 15) is 75.0 Å². The van der Waals surface area contributed by atoms with Gasteiger partial charge in [-0.3, -0.25) is 33.6 Å². The summed E-state index contributed by atoms with van der Waals surface area (Å²) in [4.78, 5) is 118. The van der Waals surface area contributed by atoms with Gasteiger partial charge in [-0.25, -0.2) is 4.79 Å². The van der Waals surface area contributed by atoms with Gasteiger partial charge in [-0.05, 0) is 123 Å². The lowest BCUT2D eigenvalue weighted by atomic mass is 9.85. The van der Waals surface area contributed by atoms with Crippen molar-refractivity contribution in [2.24, 2.45) is 11.7 Å². The summed E-state index contributed by atoms with van der Waals surface area (Å²) in [7, 11) is 1.49. The largest absolute Gasteiger partial charge is 0.508 e. The van der Waals surface area contributed by atoms with Crippen LogP contribution in [0.4, 0.5) is 0 Å². The number of aliphatic carboxylic acids is 1. The molecule has 1 unspecified atom stereocenters. The fourth-order valence-electron chi connectivity index (χ4n) is 14.5. The lowest BCUT2D eigenvalue weighted by Gasteiger charge is -2.48. The summed E-state index contributed by atoms with van der Waals surface area (Å²) in [5.74, 6) is -15.2. The van der Waals surface area contributed by atoms with E-state index in [1.54, 1.807) is 13.8 Å². The highest BCUT2D eigenvalue weighted by Crippen LogP contribution is 2.49. The number of carboxylic acid groups (broad SMARTS) is 1. The van der Waals surface area contributed by atoms with Gasteiger partial charge < -0.3 is 133 Å². The van der Waals surface area contributed by atoms with Crippen LogP contribution in [0.2, 0.25) is 5.02 Å². The van der Waals surface area contributed by atoms with E-state index in [1.807, 2.05) is 13.8 Å². The molecule has 12 rings (SSSR count). The fraction of sp³-hybridized carbons (Fsp3) is 0.513. The van der Waals surface area contributed by atoms with Crippen LogP contribution in [0, 0.1) is 5.92 Å². The molecule has 5 aromatic carbocycles. The summed E-state index contributed by atoms with van der Waals surface area (Å²) in [5.41, 5.74) is 2.11. The molecule has 2 saturated heterocycles. The molecule has 113 heavy (non-hydrogen) atoms. The molecule has 0 aliphatic carbocycles. The highest BCUT2D eigenvalue weighted by atomic mass is 35.5. The van der Waals surface area contributed by atoms with Crippen LogP contribution in [-0.2, 0) is 52.6 Å². The number of benzene rings is 5. The number of phenols is 3. The number of hydrogen-bond acceptors (Lipinski definition) is 26. The maximum Gasteiger partial charge on any atom is 0.330 e. The van der Waals surface area contributed by atoms with Gasteiger partial charge in [0.25, 0.3) is 0 Å². The molecular formula is C78H101ClN10O24. The third-order valence-corrected chi connectivity index (χ3v) is 21.0. The molecule has 11 bridgehead atoms. The number of primary amides is 1. The van der Waals surface area contributed by atoms with Crippen molar-refractivity contribution in [1.82, 2.24) is 47.9 Å². The van der Waals surface area contributed by atoms with Gasteiger partial charge in [0.2, 0.25) is 53.4 Å². The van der Waals surface area contributed by atoms with E-state index < -0.39 is 226 Å². The summed E-state index contributed by atoms with van der Waals surface area (Å²) < 4.78 is 39.4. The van der Waals surface area contributed by atoms with Gasteiger partial charge in [-0.15, -0.1) is 0 Å². The topological polar surface area (TPSA) is 529 Å². The van der Waals surface area contributed by atoms with Crippen molar-refractivity contribution in [2.75, 3.05) is 33.3 Å². The molecule has 7 heterocycles. The first-order chi connectivity index (χ1) is 53.8. The van der Waals surface area contributed by atoms with Gasteiger partial charge in [0, 0.05) is 47.8 Å². The van der Waals surface area contributed by atoms with Gasteiger partial charge >= 0.3 is 5.97 Å². The molecule has 35 heteroatoms. The zero-order chi connectivity index (χ0) is 81.9. The van der Waals surface area contributed by atoms with Gasteiger partial charge in [-0.1, -0.05) is 102 Å². The number of aliphatic hydroxyl groups excluding tert-OH is 6. The van der Waals surface area contributed by atoms with Crippen molar-refractivity contribution >= 4 is 58.9 Å². The fourth-order valence-corrected chi connectivity index (χ4v) is 14.8. The number of aliphatic hydroxyl groups is 6. The van der Waals surface area contributed by atoms with Crippen molar-refractivity contribution in [2.45, 2.75) is 214 Å². The number of amides is 7. The zero-order valence-corrected chi connectivity index (χ0v) is 64.0. The standard InChI is InChI=1S/C78H101ClN10O24/c1-7-8-9-10-11-12-13-14-23-82-24-25-83-78(5)34-56(108-37(4)69(78)99)112-68-66(98)65(97)54(35-90)111-77(68)113-67-52-29-41-30-53(67)110-51-22-18-40(28-46(51)79)64(96)62(88-70(100)47(81-6)26-36(2)3)74(104)84-48(33-55(80)94)71(101)85-59(41)73(103)86-58-39-17-21-49(92)44(27-39)57-45(31-42(91)32-50(57)93)60(76(106)107)87-75(105)61(89-72(58)102)63(95)38-15-19-43(109-52)20-16-38/h15-22,27-32,36-37,47-48,54,56,58-66,68-69,77,81-83,90-93,95-99H,7-14,23-26,33-35H2,1-6H3,(H2,80,94)(H,84,104)(H,85,101)(H,86,103)(H,87,105)(H,88,100)(H,89,102)(H,106,107)/t37-,47+,48-,54+,56-,58+,59+,60-,61-,62?,63+,64+,65+,66-,68+,69+,77-,78-/m0/s1. The minimum Gasteiger partial charge on any atom is -0.508 e. The number of rotatable bonds is 26. The maximum absolute atomic E-state index is 16.1. The van der Waals surface area contributed by atoms with E-state index in [1.165, 1.54) is 75.5 Å². The molecule has 0 radical (unpaired) electrons. The molecular weight excluding hydrogens is 1500 g/mol. The van der Waals surface area contributed by atoms with Gasteiger partial charge in [0.05, 0.1) is 36.3 Å². The number of carbonyl (C=O) groups is 8. The number of carboxylic acids is 1. The van der Waals surface area contributed by atoms with Gasteiger partial charge in [0.15, 0.2) is 29.9 Å². The minimum absolute atomic E-state index is 0.0915. The Hall–Kier alpha value is -9.53. The van der Waals surface area contributed by atoms with Crippen molar-refractivity contribution in [3.8, 4) is 57.1 Å². The number of hydrogen-bond donors (Lipinski definition) is 20. The second kappa shape index (κ2) is 38.1. The number of aromatic hydroxyl groups is 3. The molecule has 7 aliphatic heterocycles. The number of halogens is 1. The van der Waals surface area contributed by atoms with Crippen molar-refractivity contribution < 1.29 is 118 Å². The molecule has 18 atom stereocenters. The maximum atomic E-state index is 16.1. The number of nitrogens with one attached hydrogen (secondary N) is 9. The second-order valence-corrected chi connectivity index (χ2v) is 30.1. The van der Waals surface area contributed by atoms with E-state index in [0.29, 0.717) is 13.1 Å². The first-order valence-electron chi connectivity index (χ1n) is 37.7. The number of fused-ring (bicyclic) bond motifs is 15. The number of carbonyl (C=O) groups excluding carboxylic acids is 7. The Kier molecular flexibility index (Phi) is 28.9. The first kappa shape index (κ1) is 85.9. The third-order valence-electron chi connectivity index (χ3n) is 20.7. The zero-order valence-electron chi connectivity index (χ0n) is 63.2. The Morgan fingerprint density at radius 3 is 2.01 bits per heavy atom. The number of likely N-dealkylation sites (N-methyl/N-ethyl adjacent to an activating group) is 1. The Labute approximate surface area is 656 Å². The van der Waals surface area contributed by atoms with Gasteiger partial charge in [0.1, 0.15) is 89.5 Å². The lowest BCUT2D eigenvalue weighted by molar-refractivity contribution is -0.334. The highest BCUT2D eigenvalue weighted by molar-refractivity contribution is 6.32. The Bertz CT molecular complexity index is 4260. The molecule has 0 aromatic heterocycles. The third kappa shape index (κ3) is 20.5. The molecule has 5 aromatic rings. The van der Waals surface area contributed by atoms with Crippen molar-refractivity contribution in [3.05, 3.63) is 118 Å². The van der Waals surface area contributed by atoms with Gasteiger partial charge in [-0.2, -0.15) is 0 Å². The van der Waals surface area contributed by atoms with E-state index >= 15 is 14.4 Å². The Morgan fingerprint density at radius 1 is 0.690 bits per heavy atom. The summed E-state index contributed by atoms with van der Waals surface area (Å²) in [6.07, 6.45) is -8.65. The quantitative estimate of drug-likeness (QED) is 0.0354. The predicted molar refractivity (Wildman–Crippen MR) is 404 cm³/mol. The number of unbranched alkanes of at least 4 members (excludes halogenated alkanes) is 7. The average molecular weight is 1600 g/mol. The van der Waals surface area contributed by atoms with Crippen LogP contribution in [0.5, 0.6) is 46.0 Å². The average Bonchev–Trinajstić information content (AvgIpc) is 0.768. The van der Waals surface area contributed by atoms with Crippen LogP contribution in [-0.4, -0.2) is 211 Å². The molecule has 0 spiro atoms. The molecule has 614 valence electrons. The molecule has 34 nitrogen and oxygen atoms in total. The lowest BCUT2D eigenvalue weighted by Crippen LogP contribution is -2.65. The second-order valence-electron chi connectivity index (χ2n) is 29.7. The van der Waals surface area contributed by atoms with E-state index in [-0.39, 0.29) is 52.0 Å². The first-order valence-corrected chi connectivity index (χ1v) is 38.1. The summed E-state index contributed by atoms with van der Waals surface area (Å²) in [6.45, 7) is 9.96. The number of phenolic OH excluding ortho intramolecular Hbond substituents is 3. The smallest absolute Gasteiger partial charge is 0.330 e. The highest BCUT2D eigenvalue weighted by Gasteiger charge is 2.52. The predicted octanol–water partition coefficient (Wildman–Crippen LogP) is 2.81. The normalized spacial score (nSPS) is 27.6. The monoisotopic (exact) mass is 1600 g/mol. The van der Waals surface area contributed by atoms with Crippen LogP contribution >= 0.6 is 11.6 Å². The van der Waals surface area contributed by atoms with E-state index in [0.717, 1.165) is 74.3 Å². The Balaban J connectivity index is 1.14. The summed E-state index contributed by atoms with van der Waals surface area (Å²) >= 11 is 7.15. The van der Waals surface area contributed by atoms with Crippen molar-refractivity contribution in [1.29, 1.82) is 0 Å². The van der Waals surface area contributed by atoms with Crippen molar-refractivity contribution in [3.63, 3.8) is 0 Å². The van der Waals surface area contributed by atoms with Crippen LogP contribution in [0.3, 0.4) is 0 Å². The number of nitrogens with two attached hydrogens (primary N) is 1. The van der Waals surface area contributed by atoms with Crippen LogP contribution in [0.25, 0.3) is 11.1 Å². The molecule has 7 amide bonds.